The SMILES string of the molecule is C.CC(C)(C)Br.CC(C)(C)Br.CC(C)(C)c1c[nH]c2cc(N)ccc12.CC(C)(C)c1c[nH]c2cc([N+](=O)[O-])ccc12.CC(C)(C)c1c[nH]c2cc([N+](=O)[O-])ccc12.O=[N+]([O-])c1ccc2cc[nH]c2c1.O=[N+]([O-])c1ccc2cc[nH]c2c1.[NiH]. The zero-order valence-corrected chi connectivity index (χ0v) is 52.6. The van der Waals surface area contributed by atoms with Gasteiger partial charge < -0.3 is 30.7 Å². The average molecular weight is 1300 g/mol. The number of hydrogen-bond acceptors (Lipinski definition) is 9. The number of nitro groups is 4. The third-order valence-corrected chi connectivity index (χ3v) is 11.4. The van der Waals surface area contributed by atoms with Crippen LogP contribution < -0.4 is 5.73 Å². The average Bonchev–Trinajstić information content (AvgIpc) is 4.42. The summed E-state index contributed by atoms with van der Waals surface area (Å²) >= 11 is 6.75. The number of nitro benzene ring substituents is 4. The number of nitrogen functional groups attached to an aromatic ring is 1. The number of benzene rings is 5. The fourth-order valence-corrected chi connectivity index (χ4v) is 7.76. The van der Waals surface area contributed by atoms with Crippen LogP contribution in [-0.2, 0) is 32.7 Å². The van der Waals surface area contributed by atoms with Crippen LogP contribution in [0.1, 0.15) is 128 Å². The summed E-state index contributed by atoms with van der Waals surface area (Å²) in [7, 11) is 0. The van der Waals surface area contributed by atoms with Gasteiger partial charge in [0, 0.05) is 116 Å². The predicted molar refractivity (Wildman–Crippen MR) is 344 cm³/mol. The molecule has 0 aliphatic carbocycles. The Labute approximate surface area is 506 Å². The number of aromatic nitrogens is 5. The first-order valence-electron chi connectivity index (χ1n) is 25.5. The van der Waals surface area contributed by atoms with Crippen LogP contribution in [0, 0.1) is 40.5 Å². The summed E-state index contributed by atoms with van der Waals surface area (Å²) in [4.78, 5) is 55.7. The Morgan fingerprint density at radius 1 is 0.378 bits per heavy atom. The minimum absolute atomic E-state index is 0. The summed E-state index contributed by atoms with van der Waals surface area (Å²) < 4.78 is 0.625. The molecule has 5 heterocycles. The minimum atomic E-state index is -0.402. The summed E-state index contributed by atoms with van der Waals surface area (Å²) in [6.07, 6.45) is 9.44. The number of nitrogens with two attached hydrogens (primary N) is 1. The van der Waals surface area contributed by atoms with Gasteiger partial charge in [0.05, 0.1) is 41.8 Å². The van der Waals surface area contributed by atoms with Gasteiger partial charge in [0.25, 0.3) is 22.7 Å². The van der Waals surface area contributed by atoms with Gasteiger partial charge in [-0.25, -0.2) is 0 Å². The number of anilines is 1. The Balaban J connectivity index is 0.000000335. The Bertz CT molecular complexity index is 3520. The first-order chi connectivity index (χ1) is 36.8. The van der Waals surface area contributed by atoms with Gasteiger partial charge in [-0.2, -0.15) is 0 Å². The fourth-order valence-electron chi connectivity index (χ4n) is 7.76. The molecule has 0 atom stereocenters. The molecule has 5 aromatic heterocycles. The molecular weight excluding hydrogens is 1220 g/mol. The van der Waals surface area contributed by atoms with E-state index in [9.17, 15) is 40.5 Å². The van der Waals surface area contributed by atoms with E-state index in [0.717, 1.165) is 54.8 Å². The van der Waals surface area contributed by atoms with Crippen molar-refractivity contribution in [1.82, 2.24) is 24.9 Å². The van der Waals surface area contributed by atoms with Crippen molar-refractivity contribution in [3.63, 3.8) is 0 Å². The van der Waals surface area contributed by atoms with Crippen molar-refractivity contribution >= 4 is 115 Å². The second-order valence-electron chi connectivity index (χ2n) is 23.8. The van der Waals surface area contributed by atoms with Crippen LogP contribution in [0.4, 0.5) is 28.4 Å². The van der Waals surface area contributed by atoms with Crippen LogP contribution in [0.2, 0.25) is 0 Å². The second kappa shape index (κ2) is 29.1. The molecule has 0 saturated heterocycles. The number of alkyl halides is 2. The van der Waals surface area contributed by atoms with E-state index in [-0.39, 0.29) is 72.8 Å². The van der Waals surface area contributed by atoms with E-state index >= 15 is 0 Å². The van der Waals surface area contributed by atoms with Crippen molar-refractivity contribution in [3.05, 3.63) is 191 Å². The summed E-state index contributed by atoms with van der Waals surface area (Å²) in [5, 5.41) is 47.3. The molecule has 0 saturated carbocycles. The van der Waals surface area contributed by atoms with Crippen molar-refractivity contribution in [1.29, 1.82) is 0 Å². The van der Waals surface area contributed by atoms with Crippen molar-refractivity contribution in [2.45, 2.75) is 136 Å². The number of nitrogens with one attached hydrogen (secondary N) is 5. The van der Waals surface area contributed by atoms with Gasteiger partial charge in [0.15, 0.2) is 0 Å². The molecule has 5 aromatic carbocycles. The van der Waals surface area contributed by atoms with E-state index < -0.39 is 9.85 Å². The summed E-state index contributed by atoms with van der Waals surface area (Å²) in [5.41, 5.74) is 15.3. The van der Waals surface area contributed by atoms with Gasteiger partial charge in [0.1, 0.15) is 0 Å². The van der Waals surface area contributed by atoms with E-state index in [1.54, 1.807) is 48.8 Å². The summed E-state index contributed by atoms with van der Waals surface area (Å²) in [6.45, 7) is 32.0. The van der Waals surface area contributed by atoms with Crippen molar-refractivity contribution < 1.29 is 36.2 Å². The molecule has 0 aliphatic heterocycles. The number of hydrogen-bond donors (Lipinski definition) is 6. The molecule has 0 spiro atoms. The Morgan fingerprint density at radius 2 is 0.622 bits per heavy atom. The first-order valence-corrected chi connectivity index (χ1v) is 27.1. The van der Waals surface area contributed by atoms with Crippen LogP contribution in [0.3, 0.4) is 0 Å². The first kappa shape index (κ1) is 70.8. The molecule has 18 nitrogen and oxygen atoms in total. The molecule has 0 aliphatic rings. The monoisotopic (exact) mass is 1300 g/mol. The molecule has 0 unspecified atom stereocenters. The normalized spacial score (nSPS) is 11.2. The molecular formula is C61H79Br2N10NiO8. The Kier molecular flexibility index (Phi) is 25.1. The quantitative estimate of drug-likeness (QED) is 0.0321. The van der Waals surface area contributed by atoms with Crippen LogP contribution in [0.25, 0.3) is 54.5 Å². The second-order valence-corrected chi connectivity index (χ2v) is 28.5. The molecule has 445 valence electrons. The number of H-pyrrole nitrogens is 5. The molecule has 10 rings (SSSR count). The van der Waals surface area contributed by atoms with Crippen LogP contribution in [0.5, 0.6) is 0 Å². The van der Waals surface area contributed by atoms with Crippen LogP contribution in [-0.4, -0.2) is 53.3 Å². The Hall–Kier alpha value is -7.35. The van der Waals surface area contributed by atoms with E-state index in [1.807, 2.05) is 48.8 Å². The van der Waals surface area contributed by atoms with Gasteiger partial charge in [-0.3, -0.25) is 40.5 Å². The van der Waals surface area contributed by atoms with Gasteiger partial charge >= 0.3 is 16.5 Å². The molecule has 0 fully saturated rings. The van der Waals surface area contributed by atoms with Crippen LogP contribution in [0.15, 0.2) is 134 Å². The van der Waals surface area contributed by atoms with Crippen molar-refractivity contribution in [2.24, 2.45) is 0 Å². The van der Waals surface area contributed by atoms with Crippen molar-refractivity contribution in [2.75, 3.05) is 5.73 Å². The van der Waals surface area contributed by atoms with E-state index in [0.29, 0.717) is 8.65 Å². The fraction of sp³-hybridized carbons (Fsp3) is 0.344. The topological polar surface area (TPSA) is 278 Å². The van der Waals surface area contributed by atoms with Gasteiger partial charge in [0.2, 0.25) is 0 Å². The number of aromatic amines is 5. The number of nitrogens with zero attached hydrogens (tertiary/aromatic N) is 4. The number of fused-ring (bicyclic) bond motifs is 5. The molecule has 21 heteroatoms. The third kappa shape index (κ3) is 21.9. The van der Waals surface area contributed by atoms with E-state index in [1.165, 1.54) is 46.3 Å². The van der Waals surface area contributed by atoms with E-state index in [2.05, 4.69) is 173 Å². The van der Waals surface area contributed by atoms with Gasteiger partial charge in [-0.15, -0.1) is 0 Å². The molecule has 0 radical (unpaired) electrons. The van der Waals surface area contributed by atoms with Crippen molar-refractivity contribution in [3.8, 4) is 0 Å². The summed E-state index contributed by atoms with van der Waals surface area (Å²) in [6, 6.07) is 29.1. The standard InChI is InChI=1S/2C12H14N2O2.C12H16N2.2C8H6N2O2.2C4H9Br.CH4.Ni.H/c2*1-12(2,3)10-7-13-11-6-8(14(15)16)4-5-9(10)11;1-12(2,3)10-7-14-11-6-8(13)4-5-9(10)11;2*11-10(12)7-2-1-6-3-4-9-8(6)5-7;2*1-4(2,3)5;;;/h2*4-7,13H,1-3H3;4-7,14H,13H2,1-3H3;2*1-5,9H;2*1-3H3;1H4;;. The van der Waals surface area contributed by atoms with Gasteiger partial charge in [-0.05, 0) is 92.2 Å². The molecule has 7 N–H and O–H groups in total. The molecule has 82 heavy (non-hydrogen) atoms. The zero-order valence-electron chi connectivity index (χ0n) is 48.4. The maximum absolute atomic E-state index is 10.6. The number of non-ortho nitro benzene ring substituents is 4. The van der Waals surface area contributed by atoms with E-state index in [4.69, 9.17) is 5.73 Å². The molecule has 10 aromatic rings. The van der Waals surface area contributed by atoms with Crippen LogP contribution >= 0.6 is 31.9 Å². The number of halogens is 2. The number of rotatable bonds is 4. The van der Waals surface area contributed by atoms with Gasteiger partial charge in [-0.1, -0.05) is 149 Å². The molecule has 0 bridgehead atoms. The zero-order chi connectivity index (χ0) is 60.3. The third-order valence-electron chi connectivity index (χ3n) is 11.4. The Morgan fingerprint density at radius 3 is 0.890 bits per heavy atom. The summed E-state index contributed by atoms with van der Waals surface area (Å²) in [5.74, 6) is 0. The molecule has 0 amide bonds. The maximum atomic E-state index is 10.6. The predicted octanol–water partition coefficient (Wildman–Crippen LogP) is 18.7.